The Morgan fingerprint density at radius 1 is 1.03 bits per heavy atom. The van der Waals surface area contributed by atoms with E-state index in [4.69, 9.17) is 4.74 Å². The highest BCUT2D eigenvalue weighted by molar-refractivity contribution is 9.09. The number of carbonyl (C=O) groups is 3. The summed E-state index contributed by atoms with van der Waals surface area (Å²) < 4.78 is 5.22. The van der Waals surface area contributed by atoms with Crippen molar-refractivity contribution in [1.82, 2.24) is 5.32 Å². The van der Waals surface area contributed by atoms with E-state index >= 15 is 0 Å². The van der Waals surface area contributed by atoms with Crippen molar-refractivity contribution in [2.24, 2.45) is 0 Å². The maximum atomic E-state index is 12.6. The van der Waals surface area contributed by atoms with E-state index in [2.05, 4.69) is 26.6 Å². The number of rotatable bonds is 10. The zero-order valence-electron chi connectivity index (χ0n) is 16.3. The molecule has 0 aromatic heterocycles. The predicted molar refractivity (Wildman–Crippen MR) is 116 cm³/mol. The van der Waals surface area contributed by atoms with Crippen LogP contribution >= 0.6 is 15.9 Å². The number of anilines is 1. The highest BCUT2D eigenvalue weighted by Crippen LogP contribution is 2.13. The lowest BCUT2D eigenvalue weighted by atomic mass is 10.1. The molecular formula is C22H25BrN2O4. The maximum Gasteiger partial charge on any atom is 0.408 e. The van der Waals surface area contributed by atoms with Crippen molar-refractivity contribution in [3.05, 3.63) is 65.7 Å². The molecule has 154 valence electrons. The van der Waals surface area contributed by atoms with Crippen LogP contribution < -0.4 is 10.6 Å². The number of ether oxygens (including phenoxy) is 1. The fraction of sp³-hybridized carbons (Fsp3) is 0.318. The summed E-state index contributed by atoms with van der Waals surface area (Å²) in [6.07, 6.45) is 1.55. The van der Waals surface area contributed by atoms with Crippen LogP contribution in [0, 0.1) is 0 Å². The first-order valence-electron chi connectivity index (χ1n) is 9.50. The monoisotopic (exact) mass is 460 g/mol. The van der Waals surface area contributed by atoms with Crippen molar-refractivity contribution in [3.8, 4) is 0 Å². The second kappa shape index (κ2) is 12.0. The summed E-state index contributed by atoms with van der Waals surface area (Å²) in [5.41, 5.74) is 1.99. The molecule has 2 rings (SSSR count). The highest BCUT2D eigenvalue weighted by atomic mass is 79.9. The molecule has 0 saturated heterocycles. The molecule has 0 aliphatic rings. The first-order chi connectivity index (χ1) is 14.0. The van der Waals surface area contributed by atoms with Gasteiger partial charge in [-0.3, -0.25) is 9.59 Å². The lowest BCUT2D eigenvalue weighted by Gasteiger charge is -2.18. The van der Waals surface area contributed by atoms with Crippen LogP contribution in [0.4, 0.5) is 10.5 Å². The molecule has 0 aliphatic heterocycles. The molecule has 0 unspecified atom stereocenters. The van der Waals surface area contributed by atoms with Gasteiger partial charge in [0.1, 0.15) is 12.6 Å². The van der Waals surface area contributed by atoms with E-state index in [1.807, 2.05) is 37.3 Å². The van der Waals surface area contributed by atoms with Gasteiger partial charge in [0.25, 0.3) is 0 Å². The largest absolute Gasteiger partial charge is 0.445 e. The third-order valence-electron chi connectivity index (χ3n) is 4.26. The van der Waals surface area contributed by atoms with Crippen LogP contribution in [0.5, 0.6) is 0 Å². The average molecular weight is 461 g/mol. The van der Waals surface area contributed by atoms with Gasteiger partial charge in [0.05, 0.1) is 5.33 Å². The van der Waals surface area contributed by atoms with Gasteiger partial charge in [-0.1, -0.05) is 66.0 Å². The standard InChI is InChI=1S/C22H25BrN2O4/c1-2-3-9-19(25-22(28)29-15-16-7-5-4-6-8-16)21(27)24-18-12-10-17(11-13-18)20(26)14-23/h4-8,10-13,19H,2-3,9,14-15H2,1H3,(H,24,27)(H,25,28)/t19-/m0/s1. The van der Waals surface area contributed by atoms with E-state index in [1.165, 1.54) is 0 Å². The number of carbonyl (C=O) groups excluding carboxylic acids is 3. The fourth-order valence-electron chi connectivity index (χ4n) is 2.63. The van der Waals surface area contributed by atoms with E-state index in [0.717, 1.165) is 18.4 Å². The molecule has 0 aliphatic carbocycles. The van der Waals surface area contributed by atoms with Gasteiger partial charge in [0.2, 0.25) is 5.91 Å². The van der Waals surface area contributed by atoms with Crippen LogP contribution in [0.25, 0.3) is 0 Å². The van der Waals surface area contributed by atoms with Crippen LogP contribution in [0.15, 0.2) is 54.6 Å². The Kier molecular flexibility index (Phi) is 9.37. The Morgan fingerprint density at radius 3 is 2.34 bits per heavy atom. The highest BCUT2D eigenvalue weighted by Gasteiger charge is 2.21. The number of benzene rings is 2. The summed E-state index contributed by atoms with van der Waals surface area (Å²) in [5, 5.41) is 5.67. The number of alkyl carbamates (subject to hydrolysis) is 1. The average Bonchev–Trinajstić information content (AvgIpc) is 2.75. The maximum absolute atomic E-state index is 12.6. The number of unbranched alkanes of at least 4 members (excludes halogenated alkanes) is 1. The van der Waals surface area contributed by atoms with Crippen molar-refractivity contribution in [1.29, 1.82) is 0 Å². The minimum Gasteiger partial charge on any atom is -0.445 e. The van der Waals surface area contributed by atoms with Crippen LogP contribution in [-0.4, -0.2) is 29.2 Å². The van der Waals surface area contributed by atoms with E-state index in [0.29, 0.717) is 17.7 Å². The Balaban J connectivity index is 1.94. The summed E-state index contributed by atoms with van der Waals surface area (Å²) in [6, 6.07) is 15.3. The number of alkyl halides is 1. The zero-order chi connectivity index (χ0) is 21.1. The minimum absolute atomic E-state index is 0.0356. The molecule has 0 spiro atoms. The molecule has 2 aromatic rings. The Bertz CT molecular complexity index is 809. The zero-order valence-corrected chi connectivity index (χ0v) is 17.9. The molecule has 2 amide bonds. The number of Topliss-reactive ketones (excluding diaryl/α,β-unsaturated/α-hetero) is 1. The molecule has 0 saturated carbocycles. The van der Waals surface area contributed by atoms with Crippen LogP contribution in [-0.2, 0) is 16.1 Å². The van der Waals surface area contributed by atoms with Crippen molar-refractivity contribution in [2.75, 3.05) is 10.6 Å². The Morgan fingerprint density at radius 2 is 1.72 bits per heavy atom. The van der Waals surface area contributed by atoms with Crippen molar-refractivity contribution in [2.45, 2.75) is 38.8 Å². The first-order valence-corrected chi connectivity index (χ1v) is 10.6. The van der Waals surface area contributed by atoms with E-state index in [9.17, 15) is 14.4 Å². The third kappa shape index (κ3) is 7.69. The van der Waals surface area contributed by atoms with Crippen LogP contribution in [0.2, 0.25) is 0 Å². The van der Waals surface area contributed by atoms with E-state index in [-0.39, 0.29) is 23.6 Å². The van der Waals surface area contributed by atoms with Crippen LogP contribution in [0.3, 0.4) is 0 Å². The normalized spacial score (nSPS) is 11.4. The second-order valence-electron chi connectivity index (χ2n) is 6.52. The number of ketones is 1. The fourth-order valence-corrected chi connectivity index (χ4v) is 2.95. The number of halogens is 1. The number of amides is 2. The summed E-state index contributed by atoms with van der Waals surface area (Å²) in [5.74, 6) is -0.360. The molecule has 2 N–H and O–H groups in total. The minimum atomic E-state index is -0.706. The Labute approximate surface area is 179 Å². The first kappa shape index (κ1) is 22.6. The van der Waals surface area contributed by atoms with Gasteiger partial charge < -0.3 is 15.4 Å². The van der Waals surface area contributed by atoms with Crippen LogP contribution in [0.1, 0.15) is 42.1 Å². The molecule has 0 radical (unpaired) electrons. The van der Waals surface area contributed by atoms with Crippen molar-refractivity contribution in [3.63, 3.8) is 0 Å². The van der Waals surface area contributed by atoms with E-state index < -0.39 is 12.1 Å². The van der Waals surface area contributed by atoms with Gasteiger partial charge in [-0.15, -0.1) is 0 Å². The van der Waals surface area contributed by atoms with Crippen molar-refractivity contribution < 1.29 is 19.1 Å². The molecule has 6 nitrogen and oxygen atoms in total. The molecule has 7 heteroatoms. The summed E-state index contributed by atoms with van der Waals surface area (Å²) in [4.78, 5) is 36.5. The lowest BCUT2D eigenvalue weighted by Crippen LogP contribution is -2.44. The number of hydrogen-bond donors (Lipinski definition) is 2. The Hall–Kier alpha value is -2.67. The quantitative estimate of drug-likeness (QED) is 0.397. The molecule has 0 heterocycles. The molecule has 2 aromatic carbocycles. The topological polar surface area (TPSA) is 84.5 Å². The van der Waals surface area contributed by atoms with Gasteiger partial charge in [0.15, 0.2) is 5.78 Å². The van der Waals surface area contributed by atoms with Gasteiger partial charge in [-0.2, -0.15) is 0 Å². The van der Waals surface area contributed by atoms with Gasteiger partial charge in [-0.25, -0.2) is 4.79 Å². The molecular weight excluding hydrogens is 436 g/mol. The molecule has 29 heavy (non-hydrogen) atoms. The van der Waals surface area contributed by atoms with E-state index in [1.54, 1.807) is 24.3 Å². The SMILES string of the molecule is CCCC[C@H](NC(=O)OCc1ccccc1)C(=O)Nc1ccc(C(=O)CBr)cc1. The molecule has 0 bridgehead atoms. The lowest BCUT2D eigenvalue weighted by molar-refractivity contribution is -0.118. The smallest absolute Gasteiger partial charge is 0.408 e. The summed E-state index contributed by atoms with van der Waals surface area (Å²) in [6.45, 7) is 2.15. The van der Waals surface area contributed by atoms with Gasteiger partial charge in [-0.05, 0) is 36.2 Å². The van der Waals surface area contributed by atoms with Gasteiger partial charge in [0, 0.05) is 11.3 Å². The van der Waals surface area contributed by atoms with Crippen molar-refractivity contribution >= 4 is 39.4 Å². The summed E-state index contributed by atoms with van der Waals surface area (Å²) in [7, 11) is 0. The molecule has 1 atom stereocenters. The number of nitrogens with one attached hydrogen (secondary N) is 2. The third-order valence-corrected chi connectivity index (χ3v) is 4.77. The molecule has 0 fully saturated rings. The predicted octanol–water partition coefficient (Wildman–Crippen LogP) is 4.69. The number of hydrogen-bond acceptors (Lipinski definition) is 4. The van der Waals surface area contributed by atoms with Gasteiger partial charge >= 0.3 is 6.09 Å². The summed E-state index contributed by atoms with van der Waals surface area (Å²) >= 11 is 3.13. The second-order valence-corrected chi connectivity index (χ2v) is 7.09.